The van der Waals surface area contributed by atoms with E-state index in [0.29, 0.717) is 38.2 Å². The Bertz CT molecular complexity index is 604. The summed E-state index contributed by atoms with van der Waals surface area (Å²) in [6.07, 6.45) is 0.699. The Kier molecular flexibility index (Phi) is 6.22. The van der Waals surface area contributed by atoms with E-state index < -0.39 is 23.6 Å². The van der Waals surface area contributed by atoms with Crippen molar-refractivity contribution in [3.05, 3.63) is 35.4 Å². The minimum atomic E-state index is -0.864. The quantitative estimate of drug-likeness (QED) is 0.845. The molecule has 6 nitrogen and oxygen atoms in total. The molecule has 1 aromatic carbocycles. The van der Waals surface area contributed by atoms with Crippen molar-refractivity contribution in [2.75, 3.05) is 32.7 Å². The number of nitrogens with zero attached hydrogens (tertiary/aromatic N) is 2. The molecule has 0 saturated carbocycles. The molecule has 0 bridgehead atoms. The van der Waals surface area contributed by atoms with Gasteiger partial charge in [0, 0.05) is 43.9 Å². The molecule has 3 amide bonds. The van der Waals surface area contributed by atoms with Crippen molar-refractivity contribution in [1.29, 1.82) is 0 Å². The molecule has 0 aromatic heterocycles. The fraction of sp³-hybridized carbons (Fsp3) is 0.500. The first-order valence-corrected chi connectivity index (χ1v) is 7.91. The second kappa shape index (κ2) is 8.16. The normalized spacial score (nSPS) is 17.5. The second-order valence-electron chi connectivity index (χ2n) is 5.81. The minimum Gasteiger partial charge on any atom is -0.351 e. The first kappa shape index (κ1) is 18.3. The maximum atomic E-state index is 14.0. The molecular weight excluding hydrogens is 318 g/mol. The van der Waals surface area contributed by atoms with Gasteiger partial charge in [-0.25, -0.2) is 13.6 Å². The smallest absolute Gasteiger partial charge is 0.318 e. The van der Waals surface area contributed by atoms with E-state index in [1.54, 1.807) is 0 Å². The van der Waals surface area contributed by atoms with Crippen molar-refractivity contribution in [2.45, 2.75) is 19.4 Å². The van der Waals surface area contributed by atoms with Crippen molar-refractivity contribution in [3.63, 3.8) is 0 Å². The average molecular weight is 340 g/mol. The summed E-state index contributed by atoms with van der Waals surface area (Å²) in [6, 6.07) is 2.67. The van der Waals surface area contributed by atoms with Gasteiger partial charge < -0.3 is 5.73 Å². The topological polar surface area (TPSA) is 78.7 Å². The number of primary amides is 1. The first-order chi connectivity index (χ1) is 11.4. The summed E-state index contributed by atoms with van der Waals surface area (Å²) in [5, 5.41) is 2.03. The number of benzene rings is 1. The average Bonchev–Trinajstić information content (AvgIpc) is 2.50. The van der Waals surface area contributed by atoms with Gasteiger partial charge in [-0.3, -0.25) is 19.9 Å². The summed E-state index contributed by atoms with van der Waals surface area (Å²) in [5.74, 6) is -1.56. The Balaban J connectivity index is 1.94. The van der Waals surface area contributed by atoms with Crippen molar-refractivity contribution in [3.8, 4) is 0 Å². The van der Waals surface area contributed by atoms with Crippen LogP contribution in [0.4, 0.5) is 13.6 Å². The second-order valence-corrected chi connectivity index (χ2v) is 5.81. The standard InChI is InChI=1S/C16H22F2N4O2/c1-2-14(12-4-3-11(17)9-13(12)18)22-7-5-21(6-8-22)10-15(23)20-16(19)24/h3-4,9,14H,2,5-8,10H2,1H3,(H3,19,20,23,24)/t14-/m0/s1. The van der Waals surface area contributed by atoms with Gasteiger partial charge in [0.05, 0.1) is 6.54 Å². The molecular formula is C16H22F2N4O2. The number of nitrogens with two attached hydrogens (primary N) is 1. The van der Waals surface area contributed by atoms with E-state index in [0.717, 1.165) is 6.07 Å². The lowest BCUT2D eigenvalue weighted by Crippen LogP contribution is -2.51. The van der Waals surface area contributed by atoms with Gasteiger partial charge in [0.2, 0.25) is 5.91 Å². The van der Waals surface area contributed by atoms with Crippen LogP contribution >= 0.6 is 0 Å². The number of piperazine rings is 1. The monoisotopic (exact) mass is 340 g/mol. The molecule has 3 N–H and O–H groups in total. The summed E-state index contributed by atoms with van der Waals surface area (Å²) in [4.78, 5) is 26.2. The molecule has 1 aliphatic rings. The molecule has 0 radical (unpaired) electrons. The predicted molar refractivity (Wildman–Crippen MR) is 85.1 cm³/mol. The number of amides is 3. The molecule has 0 aliphatic carbocycles. The number of hydrogen-bond donors (Lipinski definition) is 2. The summed E-state index contributed by atoms with van der Waals surface area (Å²) >= 11 is 0. The molecule has 24 heavy (non-hydrogen) atoms. The lowest BCUT2D eigenvalue weighted by Gasteiger charge is -2.39. The van der Waals surface area contributed by atoms with Gasteiger partial charge in [0.25, 0.3) is 0 Å². The third kappa shape index (κ3) is 4.72. The van der Waals surface area contributed by atoms with Gasteiger partial charge in [-0.05, 0) is 12.5 Å². The molecule has 1 aromatic rings. The molecule has 1 saturated heterocycles. The number of urea groups is 1. The fourth-order valence-corrected chi connectivity index (χ4v) is 3.06. The summed E-state index contributed by atoms with van der Waals surface area (Å²) in [6.45, 7) is 4.59. The van der Waals surface area contributed by atoms with Gasteiger partial charge in [0.1, 0.15) is 11.6 Å². The first-order valence-electron chi connectivity index (χ1n) is 7.91. The van der Waals surface area contributed by atoms with E-state index in [9.17, 15) is 18.4 Å². The van der Waals surface area contributed by atoms with E-state index >= 15 is 0 Å². The van der Waals surface area contributed by atoms with Crippen LogP contribution in [0.15, 0.2) is 18.2 Å². The van der Waals surface area contributed by atoms with Crippen molar-refractivity contribution >= 4 is 11.9 Å². The predicted octanol–water partition coefficient (Wildman–Crippen LogP) is 1.23. The largest absolute Gasteiger partial charge is 0.351 e. The van der Waals surface area contributed by atoms with Crippen LogP contribution in [0.2, 0.25) is 0 Å². The molecule has 2 rings (SSSR count). The van der Waals surface area contributed by atoms with E-state index in [4.69, 9.17) is 5.73 Å². The van der Waals surface area contributed by atoms with Crippen LogP contribution in [0.1, 0.15) is 24.9 Å². The van der Waals surface area contributed by atoms with E-state index in [1.165, 1.54) is 12.1 Å². The highest BCUT2D eigenvalue weighted by atomic mass is 19.1. The zero-order chi connectivity index (χ0) is 17.7. The molecule has 0 unspecified atom stereocenters. The molecule has 1 fully saturated rings. The summed E-state index contributed by atoms with van der Waals surface area (Å²) < 4.78 is 27.1. The highest BCUT2D eigenvalue weighted by Gasteiger charge is 2.26. The van der Waals surface area contributed by atoms with Gasteiger partial charge in [-0.2, -0.15) is 0 Å². The SMILES string of the molecule is CC[C@@H](c1ccc(F)cc1F)N1CCN(CC(=O)NC(N)=O)CC1. The molecule has 1 heterocycles. The summed E-state index contributed by atoms with van der Waals surface area (Å²) in [5.41, 5.74) is 5.39. The minimum absolute atomic E-state index is 0.0957. The number of carbonyl (C=O) groups excluding carboxylic acids is 2. The lowest BCUT2D eigenvalue weighted by atomic mass is 10.0. The molecule has 132 valence electrons. The van der Waals surface area contributed by atoms with Crippen LogP contribution in [0, 0.1) is 11.6 Å². The lowest BCUT2D eigenvalue weighted by molar-refractivity contribution is -0.121. The Labute approximate surface area is 139 Å². The number of hydrogen-bond acceptors (Lipinski definition) is 4. The van der Waals surface area contributed by atoms with Crippen molar-refractivity contribution in [1.82, 2.24) is 15.1 Å². The maximum Gasteiger partial charge on any atom is 0.318 e. The van der Waals surface area contributed by atoms with Crippen LogP contribution in [-0.4, -0.2) is 54.5 Å². The van der Waals surface area contributed by atoms with Crippen LogP contribution in [-0.2, 0) is 4.79 Å². The number of imide groups is 1. The van der Waals surface area contributed by atoms with E-state index in [-0.39, 0.29) is 12.6 Å². The third-order valence-electron chi connectivity index (χ3n) is 4.19. The zero-order valence-corrected chi connectivity index (χ0v) is 13.6. The van der Waals surface area contributed by atoms with Crippen LogP contribution in [0.25, 0.3) is 0 Å². The number of halogens is 2. The Hall–Kier alpha value is -2.06. The van der Waals surface area contributed by atoms with Crippen LogP contribution in [0.5, 0.6) is 0 Å². The van der Waals surface area contributed by atoms with Crippen LogP contribution < -0.4 is 11.1 Å². The molecule has 1 atom stereocenters. The summed E-state index contributed by atoms with van der Waals surface area (Å²) in [7, 11) is 0. The number of carbonyl (C=O) groups is 2. The van der Waals surface area contributed by atoms with Crippen molar-refractivity contribution in [2.24, 2.45) is 5.73 Å². The van der Waals surface area contributed by atoms with Gasteiger partial charge in [0.15, 0.2) is 0 Å². The van der Waals surface area contributed by atoms with Crippen LogP contribution in [0.3, 0.4) is 0 Å². The molecule has 8 heteroatoms. The van der Waals surface area contributed by atoms with Crippen molar-refractivity contribution < 1.29 is 18.4 Å². The Morgan fingerprint density at radius 3 is 2.46 bits per heavy atom. The van der Waals surface area contributed by atoms with Gasteiger partial charge in [-0.15, -0.1) is 0 Å². The molecule has 1 aliphatic heterocycles. The number of nitrogens with one attached hydrogen (secondary N) is 1. The zero-order valence-electron chi connectivity index (χ0n) is 13.6. The Morgan fingerprint density at radius 1 is 1.25 bits per heavy atom. The Morgan fingerprint density at radius 2 is 1.92 bits per heavy atom. The third-order valence-corrected chi connectivity index (χ3v) is 4.19. The maximum absolute atomic E-state index is 14.0. The highest BCUT2D eigenvalue weighted by molar-refractivity contribution is 5.94. The molecule has 0 spiro atoms. The highest BCUT2D eigenvalue weighted by Crippen LogP contribution is 2.27. The number of rotatable bonds is 5. The van der Waals surface area contributed by atoms with Gasteiger partial charge >= 0.3 is 6.03 Å². The fourth-order valence-electron chi connectivity index (χ4n) is 3.06. The van der Waals surface area contributed by atoms with E-state index in [2.05, 4.69) is 4.90 Å². The van der Waals surface area contributed by atoms with E-state index in [1.807, 2.05) is 17.1 Å². The van der Waals surface area contributed by atoms with Gasteiger partial charge in [-0.1, -0.05) is 13.0 Å².